The molecule has 0 bridgehead atoms. The average molecular weight is 265 g/mol. The minimum atomic E-state index is 0.0306. The van der Waals surface area contributed by atoms with Crippen LogP contribution in [0, 0.1) is 0 Å². The van der Waals surface area contributed by atoms with Gasteiger partial charge in [0.2, 0.25) is 5.91 Å². The van der Waals surface area contributed by atoms with Crippen molar-refractivity contribution in [3.63, 3.8) is 0 Å². The van der Waals surface area contributed by atoms with Crippen molar-refractivity contribution in [2.45, 2.75) is 33.4 Å². The number of hydrogen-bond donors (Lipinski definition) is 3. The fourth-order valence-electron chi connectivity index (χ4n) is 1.79. The maximum Gasteiger partial charge on any atom is 0.234 e. The molecule has 1 heterocycles. The van der Waals surface area contributed by atoms with Crippen molar-refractivity contribution in [2.75, 3.05) is 18.5 Å². The van der Waals surface area contributed by atoms with Crippen molar-refractivity contribution in [1.29, 1.82) is 0 Å². The van der Waals surface area contributed by atoms with Gasteiger partial charge in [-0.3, -0.25) is 9.69 Å². The Morgan fingerprint density at radius 1 is 1.53 bits per heavy atom. The van der Waals surface area contributed by atoms with E-state index >= 15 is 0 Å². The van der Waals surface area contributed by atoms with Gasteiger partial charge >= 0.3 is 0 Å². The first kappa shape index (κ1) is 15.4. The van der Waals surface area contributed by atoms with Gasteiger partial charge in [-0.05, 0) is 26.5 Å². The molecule has 19 heavy (non-hydrogen) atoms. The second-order valence-electron chi connectivity index (χ2n) is 4.68. The zero-order valence-corrected chi connectivity index (χ0v) is 11.8. The molecule has 0 aliphatic heterocycles. The van der Waals surface area contributed by atoms with Crippen LogP contribution in [0.25, 0.3) is 0 Å². The van der Waals surface area contributed by atoms with Gasteiger partial charge < -0.3 is 10.7 Å². The molecular formula is C13H23N5O. The standard InChI is InChI=1S/C13H23N5O/c1-4-18(9-12(19)16-10(2)3)8-11-6-5-7-15-13(11)17-14/h5-7,10H,4,8-9,14H2,1-3H3,(H,15,17)(H,16,19). The third kappa shape index (κ3) is 5.23. The lowest BCUT2D eigenvalue weighted by Crippen LogP contribution is -2.39. The molecule has 0 aliphatic rings. The largest absolute Gasteiger partial charge is 0.353 e. The molecule has 0 aliphatic carbocycles. The molecule has 1 aromatic heterocycles. The molecule has 6 heteroatoms. The zero-order chi connectivity index (χ0) is 14.3. The summed E-state index contributed by atoms with van der Waals surface area (Å²) in [6.45, 7) is 7.71. The van der Waals surface area contributed by atoms with Gasteiger partial charge in [0.05, 0.1) is 6.54 Å². The number of hydrogen-bond acceptors (Lipinski definition) is 5. The Balaban J connectivity index is 2.63. The number of nitrogen functional groups attached to an aromatic ring is 1. The number of amides is 1. The lowest BCUT2D eigenvalue weighted by atomic mass is 10.2. The van der Waals surface area contributed by atoms with Crippen LogP contribution in [0.15, 0.2) is 18.3 Å². The number of carbonyl (C=O) groups excluding carboxylic acids is 1. The van der Waals surface area contributed by atoms with Crippen LogP contribution in [0.1, 0.15) is 26.3 Å². The fraction of sp³-hybridized carbons (Fsp3) is 0.538. The topological polar surface area (TPSA) is 83.3 Å². The third-order valence-electron chi connectivity index (χ3n) is 2.69. The van der Waals surface area contributed by atoms with Crippen molar-refractivity contribution in [1.82, 2.24) is 15.2 Å². The van der Waals surface area contributed by atoms with E-state index in [1.165, 1.54) is 0 Å². The second-order valence-corrected chi connectivity index (χ2v) is 4.68. The van der Waals surface area contributed by atoms with E-state index in [9.17, 15) is 4.79 Å². The summed E-state index contributed by atoms with van der Waals surface area (Å²) in [6.07, 6.45) is 1.68. The number of pyridine rings is 1. The summed E-state index contributed by atoms with van der Waals surface area (Å²) in [7, 11) is 0. The Morgan fingerprint density at radius 3 is 2.84 bits per heavy atom. The van der Waals surface area contributed by atoms with Gasteiger partial charge in [0, 0.05) is 24.3 Å². The van der Waals surface area contributed by atoms with Crippen LogP contribution in [-0.2, 0) is 11.3 Å². The number of anilines is 1. The predicted octanol–water partition coefficient (Wildman–Crippen LogP) is 0.714. The van der Waals surface area contributed by atoms with Crippen LogP contribution in [0.2, 0.25) is 0 Å². The number of nitrogens with one attached hydrogen (secondary N) is 2. The van der Waals surface area contributed by atoms with E-state index in [-0.39, 0.29) is 11.9 Å². The van der Waals surface area contributed by atoms with Gasteiger partial charge in [0.1, 0.15) is 5.82 Å². The minimum Gasteiger partial charge on any atom is -0.353 e. The number of carbonyl (C=O) groups is 1. The molecule has 1 rings (SSSR count). The Kier molecular flexibility index (Phi) is 6.24. The van der Waals surface area contributed by atoms with Gasteiger partial charge in [-0.15, -0.1) is 0 Å². The van der Waals surface area contributed by atoms with E-state index in [1.807, 2.05) is 37.8 Å². The van der Waals surface area contributed by atoms with Crippen molar-refractivity contribution in [3.05, 3.63) is 23.9 Å². The number of aromatic nitrogens is 1. The maximum atomic E-state index is 11.8. The molecule has 6 nitrogen and oxygen atoms in total. The molecule has 1 amide bonds. The van der Waals surface area contributed by atoms with Gasteiger partial charge in [-0.25, -0.2) is 10.8 Å². The van der Waals surface area contributed by atoms with E-state index in [1.54, 1.807) is 6.20 Å². The highest BCUT2D eigenvalue weighted by Crippen LogP contribution is 2.12. The SMILES string of the molecule is CCN(CC(=O)NC(C)C)Cc1cccnc1NN. The van der Waals surface area contributed by atoms with E-state index in [2.05, 4.69) is 15.7 Å². The summed E-state index contributed by atoms with van der Waals surface area (Å²) >= 11 is 0. The molecule has 4 N–H and O–H groups in total. The molecule has 0 radical (unpaired) electrons. The minimum absolute atomic E-state index is 0.0306. The van der Waals surface area contributed by atoms with Crippen LogP contribution >= 0.6 is 0 Å². The molecule has 0 unspecified atom stereocenters. The predicted molar refractivity (Wildman–Crippen MR) is 76.3 cm³/mol. The summed E-state index contributed by atoms with van der Waals surface area (Å²) in [4.78, 5) is 17.9. The molecule has 0 fully saturated rings. The number of rotatable bonds is 7. The summed E-state index contributed by atoms with van der Waals surface area (Å²) in [5, 5.41) is 2.89. The molecule has 0 atom stereocenters. The highest BCUT2D eigenvalue weighted by Gasteiger charge is 2.12. The summed E-state index contributed by atoms with van der Waals surface area (Å²) in [6, 6.07) is 3.97. The van der Waals surface area contributed by atoms with Crippen LogP contribution < -0.4 is 16.6 Å². The first-order valence-corrected chi connectivity index (χ1v) is 6.49. The zero-order valence-electron chi connectivity index (χ0n) is 11.8. The lowest BCUT2D eigenvalue weighted by Gasteiger charge is -2.21. The Bertz CT molecular complexity index is 408. The monoisotopic (exact) mass is 265 g/mol. The van der Waals surface area contributed by atoms with Crippen LogP contribution in [0.5, 0.6) is 0 Å². The molecular weight excluding hydrogens is 242 g/mol. The smallest absolute Gasteiger partial charge is 0.234 e. The van der Waals surface area contributed by atoms with Crippen molar-refractivity contribution in [2.24, 2.45) is 5.84 Å². The fourth-order valence-corrected chi connectivity index (χ4v) is 1.79. The third-order valence-corrected chi connectivity index (χ3v) is 2.69. The number of nitrogens with two attached hydrogens (primary N) is 1. The van der Waals surface area contributed by atoms with Crippen molar-refractivity contribution < 1.29 is 4.79 Å². The first-order valence-electron chi connectivity index (χ1n) is 6.49. The molecule has 1 aromatic rings. The van der Waals surface area contributed by atoms with E-state index in [4.69, 9.17) is 5.84 Å². The normalized spacial score (nSPS) is 10.8. The van der Waals surface area contributed by atoms with Crippen LogP contribution in [0.4, 0.5) is 5.82 Å². The molecule has 0 aromatic carbocycles. The number of hydrazine groups is 1. The average Bonchev–Trinajstić information content (AvgIpc) is 2.37. The van der Waals surface area contributed by atoms with Crippen molar-refractivity contribution in [3.8, 4) is 0 Å². The Hall–Kier alpha value is -1.66. The maximum absolute atomic E-state index is 11.8. The summed E-state index contributed by atoms with van der Waals surface area (Å²) < 4.78 is 0. The Labute approximate surface area is 114 Å². The Morgan fingerprint density at radius 2 is 2.26 bits per heavy atom. The first-order chi connectivity index (χ1) is 9.06. The van der Waals surface area contributed by atoms with Crippen LogP contribution in [-0.4, -0.2) is 34.9 Å². The van der Waals surface area contributed by atoms with E-state index in [0.29, 0.717) is 18.9 Å². The molecule has 106 valence electrons. The molecule has 0 saturated carbocycles. The van der Waals surface area contributed by atoms with Gasteiger partial charge in [-0.1, -0.05) is 13.0 Å². The number of likely N-dealkylation sites (N-methyl/N-ethyl adjacent to an activating group) is 1. The molecule has 0 saturated heterocycles. The van der Waals surface area contributed by atoms with E-state index < -0.39 is 0 Å². The quantitative estimate of drug-likeness (QED) is 0.499. The van der Waals surface area contributed by atoms with Crippen molar-refractivity contribution >= 4 is 11.7 Å². The second kappa shape index (κ2) is 7.70. The highest BCUT2D eigenvalue weighted by atomic mass is 16.2. The summed E-state index contributed by atoms with van der Waals surface area (Å²) in [5.41, 5.74) is 3.55. The molecule has 0 spiro atoms. The van der Waals surface area contributed by atoms with Crippen LogP contribution in [0.3, 0.4) is 0 Å². The van der Waals surface area contributed by atoms with Gasteiger partial charge in [0.25, 0.3) is 0 Å². The lowest BCUT2D eigenvalue weighted by molar-refractivity contribution is -0.122. The highest BCUT2D eigenvalue weighted by molar-refractivity contribution is 5.78. The van der Waals surface area contributed by atoms with E-state index in [0.717, 1.165) is 12.1 Å². The van der Waals surface area contributed by atoms with Gasteiger partial charge in [0.15, 0.2) is 0 Å². The number of nitrogens with zero attached hydrogens (tertiary/aromatic N) is 2. The van der Waals surface area contributed by atoms with Gasteiger partial charge in [-0.2, -0.15) is 0 Å². The summed E-state index contributed by atoms with van der Waals surface area (Å²) in [5.74, 6) is 6.10.